The van der Waals surface area contributed by atoms with E-state index in [0.29, 0.717) is 18.2 Å². The molecule has 0 heterocycles. The van der Waals surface area contributed by atoms with Gasteiger partial charge in [-0.2, -0.15) is 0 Å². The molecule has 3 heteroatoms. The van der Waals surface area contributed by atoms with Crippen LogP contribution in [0.5, 0.6) is 0 Å². The molecule has 0 spiro atoms. The summed E-state index contributed by atoms with van der Waals surface area (Å²) in [7, 11) is 0. The van der Waals surface area contributed by atoms with E-state index >= 15 is 0 Å². The number of benzene rings is 1. The third-order valence-corrected chi connectivity index (χ3v) is 3.62. The summed E-state index contributed by atoms with van der Waals surface area (Å²) in [5, 5.41) is 13.1. The number of hydrogen-bond acceptors (Lipinski definition) is 2. The van der Waals surface area contributed by atoms with Gasteiger partial charge in [0.05, 0.1) is 0 Å². The summed E-state index contributed by atoms with van der Waals surface area (Å²) in [5.74, 6) is 0. The lowest BCUT2D eigenvalue weighted by Crippen LogP contribution is -2.35. The van der Waals surface area contributed by atoms with Gasteiger partial charge in [0.25, 0.3) is 0 Å². The van der Waals surface area contributed by atoms with E-state index in [4.69, 9.17) is 0 Å². The van der Waals surface area contributed by atoms with E-state index in [-0.39, 0.29) is 0 Å². The number of aliphatic hydroxyl groups is 1. The van der Waals surface area contributed by atoms with Crippen molar-refractivity contribution in [2.45, 2.75) is 64.3 Å². The first-order chi connectivity index (χ1) is 9.65. The predicted octanol–water partition coefficient (Wildman–Crippen LogP) is 4.01. The molecule has 0 aliphatic heterocycles. The lowest BCUT2D eigenvalue weighted by atomic mass is 10.0. The smallest absolute Gasteiger partial charge is 0.152 e. The van der Waals surface area contributed by atoms with Gasteiger partial charge in [-0.15, -0.1) is 0 Å². The van der Waals surface area contributed by atoms with Crippen LogP contribution in [-0.2, 0) is 0 Å². The van der Waals surface area contributed by atoms with E-state index in [1.54, 1.807) is 24.3 Å². The minimum absolute atomic E-state index is 0.297. The van der Waals surface area contributed by atoms with E-state index in [9.17, 15) is 9.50 Å². The topological polar surface area (TPSA) is 32.3 Å². The summed E-state index contributed by atoms with van der Waals surface area (Å²) < 4.78 is 14.0. The van der Waals surface area contributed by atoms with Crippen LogP contribution in [0, 0.1) is 0 Å². The minimum atomic E-state index is -1.32. The molecule has 1 rings (SSSR count). The molecule has 2 nitrogen and oxygen atoms in total. The summed E-state index contributed by atoms with van der Waals surface area (Å²) >= 11 is 0. The number of alkyl halides is 1. The van der Waals surface area contributed by atoms with Crippen LogP contribution in [0.1, 0.15) is 57.7 Å². The third-order valence-electron chi connectivity index (χ3n) is 3.62. The molecule has 0 bridgehead atoms. The van der Waals surface area contributed by atoms with Gasteiger partial charge < -0.3 is 10.4 Å². The summed E-state index contributed by atoms with van der Waals surface area (Å²) in [5.41, 5.74) is 0.539. The van der Waals surface area contributed by atoms with Crippen molar-refractivity contribution in [1.29, 1.82) is 0 Å². The highest BCUT2D eigenvalue weighted by atomic mass is 19.1. The van der Waals surface area contributed by atoms with E-state index in [0.717, 1.165) is 6.42 Å². The van der Waals surface area contributed by atoms with Crippen LogP contribution in [0.15, 0.2) is 30.3 Å². The van der Waals surface area contributed by atoms with Gasteiger partial charge in [-0.25, -0.2) is 4.39 Å². The average Bonchev–Trinajstić information content (AvgIpc) is 2.49. The van der Waals surface area contributed by atoms with Gasteiger partial charge in [-0.3, -0.25) is 0 Å². The number of aliphatic hydroxyl groups excluding tert-OH is 1. The lowest BCUT2D eigenvalue weighted by molar-refractivity contribution is 0.0747. The van der Waals surface area contributed by atoms with Crippen molar-refractivity contribution >= 4 is 0 Å². The fourth-order valence-electron chi connectivity index (χ4n) is 2.26. The van der Waals surface area contributed by atoms with Gasteiger partial charge >= 0.3 is 0 Å². The molecule has 1 aromatic carbocycles. The Kier molecular flexibility index (Phi) is 8.47. The molecule has 0 radical (unpaired) electrons. The standard InChI is InChI=1S/C17H28FNO/c1-3-4-5-7-10-14(2)19-13-16(20)17(18)15-11-8-6-9-12-15/h6,8-9,11-12,14,16-17,19-20H,3-5,7,10,13H2,1-2H3/t14-,16-,17+/m0/s1. The molecule has 0 saturated carbocycles. The van der Waals surface area contributed by atoms with Gasteiger partial charge in [0.1, 0.15) is 6.10 Å². The van der Waals surface area contributed by atoms with Crippen LogP contribution in [0.25, 0.3) is 0 Å². The second-order valence-corrected chi connectivity index (χ2v) is 5.54. The van der Waals surface area contributed by atoms with Crippen LogP contribution in [0.4, 0.5) is 4.39 Å². The average molecular weight is 281 g/mol. The molecule has 0 aromatic heterocycles. The fraction of sp³-hybridized carbons (Fsp3) is 0.647. The molecule has 0 aliphatic rings. The zero-order valence-electron chi connectivity index (χ0n) is 12.7. The lowest BCUT2D eigenvalue weighted by Gasteiger charge is -2.20. The Labute approximate surface area is 122 Å². The highest BCUT2D eigenvalue weighted by molar-refractivity contribution is 5.18. The van der Waals surface area contributed by atoms with Crippen molar-refractivity contribution in [3.05, 3.63) is 35.9 Å². The maximum absolute atomic E-state index is 14.0. The van der Waals surface area contributed by atoms with Crippen molar-refractivity contribution in [3.63, 3.8) is 0 Å². The van der Waals surface area contributed by atoms with Crippen LogP contribution < -0.4 is 5.32 Å². The third kappa shape index (κ3) is 6.49. The van der Waals surface area contributed by atoms with Crippen molar-refractivity contribution in [3.8, 4) is 0 Å². The first-order valence-electron chi connectivity index (χ1n) is 7.75. The molecular formula is C17H28FNO. The normalized spacial score (nSPS) is 15.8. The Hall–Kier alpha value is -0.930. The quantitative estimate of drug-likeness (QED) is 0.635. The van der Waals surface area contributed by atoms with Crippen LogP contribution in [0.2, 0.25) is 0 Å². The molecule has 0 unspecified atom stereocenters. The summed E-state index contributed by atoms with van der Waals surface area (Å²) in [6, 6.07) is 9.17. The first-order valence-corrected chi connectivity index (χ1v) is 7.75. The maximum Gasteiger partial charge on any atom is 0.152 e. The molecule has 0 amide bonds. The maximum atomic E-state index is 14.0. The second kappa shape index (κ2) is 9.89. The zero-order valence-corrected chi connectivity index (χ0v) is 12.7. The molecule has 1 aromatic rings. The Morgan fingerprint density at radius 2 is 1.85 bits per heavy atom. The van der Waals surface area contributed by atoms with Crippen LogP contribution in [-0.4, -0.2) is 23.8 Å². The molecule has 0 aliphatic carbocycles. The zero-order chi connectivity index (χ0) is 14.8. The van der Waals surface area contributed by atoms with Gasteiger partial charge in [-0.05, 0) is 18.9 Å². The first kappa shape index (κ1) is 17.1. The predicted molar refractivity (Wildman–Crippen MR) is 82.5 cm³/mol. The molecule has 3 atom stereocenters. The highest BCUT2D eigenvalue weighted by Crippen LogP contribution is 2.20. The highest BCUT2D eigenvalue weighted by Gasteiger charge is 2.20. The SMILES string of the molecule is CCCCCC[C@H](C)NC[C@H](O)[C@H](F)c1ccccc1. The molecule has 0 saturated heterocycles. The Bertz CT molecular complexity index is 344. The largest absolute Gasteiger partial charge is 0.388 e. The monoisotopic (exact) mass is 281 g/mol. The Morgan fingerprint density at radius 1 is 1.15 bits per heavy atom. The minimum Gasteiger partial charge on any atom is -0.388 e. The molecule has 114 valence electrons. The van der Waals surface area contributed by atoms with Gasteiger partial charge in [0.2, 0.25) is 0 Å². The molecular weight excluding hydrogens is 253 g/mol. The number of halogens is 1. The van der Waals surface area contributed by atoms with Crippen molar-refractivity contribution in [2.24, 2.45) is 0 Å². The van der Waals surface area contributed by atoms with Crippen molar-refractivity contribution < 1.29 is 9.50 Å². The van der Waals surface area contributed by atoms with E-state index < -0.39 is 12.3 Å². The fourth-order valence-corrected chi connectivity index (χ4v) is 2.26. The van der Waals surface area contributed by atoms with E-state index in [1.807, 2.05) is 6.07 Å². The van der Waals surface area contributed by atoms with Crippen molar-refractivity contribution in [1.82, 2.24) is 5.32 Å². The Morgan fingerprint density at radius 3 is 2.50 bits per heavy atom. The number of hydrogen-bond donors (Lipinski definition) is 2. The summed E-state index contributed by atoms with van der Waals surface area (Å²) in [6.45, 7) is 4.59. The van der Waals surface area contributed by atoms with Gasteiger partial charge in [0, 0.05) is 12.6 Å². The Balaban J connectivity index is 2.23. The van der Waals surface area contributed by atoms with E-state index in [2.05, 4.69) is 19.2 Å². The summed E-state index contributed by atoms with van der Waals surface area (Å²) in [4.78, 5) is 0. The molecule has 0 fully saturated rings. The molecule has 2 N–H and O–H groups in total. The van der Waals surface area contributed by atoms with Gasteiger partial charge in [-0.1, -0.05) is 62.9 Å². The van der Waals surface area contributed by atoms with Crippen LogP contribution >= 0.6 is 0 Å². The second-order valence-electron chi connectivity index (χ2n) is 5.54. The van der Waals surface area contributed by atoms with Crippen LogP contribution in [0.3, 0.4) is 0 Å². The van der Waals surface area contributed by atoms with E-state index in [1.165, 1.54) is 25.7 Å². The molecule has 20 heavy (non-hydrogen) atoms. The number of rotatable bonds is 10. The number of unbranched alkanes of at least 4 members (excludes halogenated alkanes) is 3. The van der Waals surface area contributed by atoms with Gasteiger partial charge in [0.15, 0.2) is 6.17 Å². The summed E-state index contributed by atoms with van der Waals surface area (Å²) in [6.07, 6.45) is 3.72. The number of nitrogens with one attached hydrogen (secondary N) is 1. The van der Waals surface area contributed by atoms with Crippen molar-refractivity contribution in [2.75, 3.05) is 6.54 Å².